The average Bonchev–Trinajstić information content (AvgIpc) is 2.29. The summed E-state index contributed by atoms with van der Waals surface area (Å²) in [6.07, 6.45) is 9.97. The standard InChI is InChI=1S/C13H27N.C2H6O/c1-4-11(2)12-9-7-5-6-8-10-13(12)14-3;1-2-3/h11-14H,4-10H2,1-3H3;3H,2H2,1H3. The Kier molecular flexibility index (Phi) is 11.0. The molecule has 1 rings (SSSR count). The lowest BCUT2D eigenvalue weighted by molar-refractivity contribution is 0.218. The molecule has 1 aliphatic carbocycles. The van der Waals surface area contributed by atoms with Crippen molar-refractivity contribution in [2.24, 2.45) is 11.8 Å². The summed E-state index contributed by atoms with van der Waals surface area (Å²) in [6, 6.07) is 0.783. The summed E-state index contributed by atoms with van der Waals surface area (Å²) in [4.78, 5) is 0. The van der Waals surface area contributed by atoms with Gasteiger partial charge in [-0.25, -0.2) is 0 Å². The Morgan fingerprint density at radius 1 is 1.12 bits per heavy atom. The van der Waals surface area contributed by atoms with Crippen molar-refractivity contribution in [3.05, 3.63) is 0 Å². The van der Waals surface area contributed by atoms with Gasteiger partial charge < -0.3 is 10.4 Å². The van der Waals surface area contributed by atoms with E-state index in [9.17, 15) is 0 Å². The van der Waals surface area contributed by atoms with Crippen LogP contribution in [0.3, 0.4) is 0 Å². The fourth-order valence-corrected chi connectivity index (χ4v) is 2.86. The number of rotatable bonds is 3. The first-order valence-corrected chi connectivity index (χ1v) is 7.49. The van der Waals surface area contributed by atoms with E-state index in [2.05, 4.69) is 26.2 Å². The van der Waals surface area contributed by atoms with Crippen molar-refractivity contribution in [2.75, 3.05) is 13.7 Å². The topological polar surface area (TPSA) is 32.3 Å². The van der Waals surface area contributed by atoms with Crippen molar-refractivity contribution in [2.45, 2.75) is 71.8 Å². The molecule has 2 N–H and O–H groups in total. The van der Waals surface area contributed by atoms with Gasteiger partial charge in [0, 0.05) is 12.6 Å². The molecule has 0 aromatic rings. The lowest BCUT2D eigenvalue weighted by Crippen LogP contribution is -2.37. The van der Waals surface area contributed by atoms with Gasteiger partial charge in [0.15, 0.2) is 0 Å². The van der Waals surface area contributed by atoms with Gasteiger partial charge in [-0.1, -0.05) is 46.0 Å². The molecule has 0 heterocycles. The Morgan fingerprint density at radius 2 is 1.65 bits per heavy atom. The number of hydrogen-bond acceptors (Lipinski definition) is 2. The molecule has 0 spiro atoms. The number of nitrogens with one attached hydrogen (secondary N) is 1. The SMILES string of the molecule is CCC(C)C1CCCCCCC1NC.CCO. The fourth-order valence-electron chi connectivity index (χ4n) is 2.86. The maximum atomic E-state index is 7.57. The van der Waals surface area contributed by atoms with Gasteiger partial charge in [-0.15, -0.1) is 0 Å². The molecule has 1 fully saturated rings. The molecule has 0 aliphatic heterocycles. The van der Waals surface area contributed by atoms with E-state index in [4.69, 9.17) is 5.11 Å². The summed E-state index contributed by atoms with van der Waals surface area (Å²) in [7, 11) is 2.14. The second-order valence-corrected chi connectivity index (χ2v) is 5.25. The summed E-state index contributed by atoms with van der Waals surface area (Å²) >= 11 is 0. The molecule has 2 nitrogen and oxygen atoms in total. The van der Waals surface area contributed by atoms with Crippen LogP contribution in [-0.2, 0) is 0 Å². The zero-order valence-electron chi connectivity index (χ0n) is 12.3. The highest BCUT2D eigenvalue weighted by atomic mass is 16.2. The van der Waals surface area contributed by atoms with Crippen LogP contribution in [-0.4, -0.2) is 24.8 Å². The second-order valence-electron chi connectivity index (χ2n) is 5.25. The van der Waals surface area contributed by atoms with Gasteiger partial charge in [0.05, 0.1) is 0 Å². The van der Waals surface area contributed by atoms with Gasteiger partial charge in [-0.3, -0.25) is 0 Å². The summed E-state index contributed by atoms with van der Waals surface area (Å²) in [5, 5.41) is 11.1. The van der Waals surface area contributed by atoms with Crippen molar-refractivity contribution in [1.29, 1.82) is 0 Å². The molecule has 1 saturated carbocycles. The molecule has 17 heavy (non-hydrogen) atoms. The highest BCUT2D eigenvalue weighted by molar-refractivity contribution is 4.80. The monoisotopic (exact) mass is 243 g/mol. The first-order valence-electron chi connectivity index (χ1n) is 7.49. The molecule has 1 aliphatic rings. The molecule has 0 amide bonds. The largest absolute Gasteiger partial charge is 0.397 e. The van der Waals surface area contributed by atoms with E-state index >= 15 is 0 Å². The Hall–Kier alpha value is -0.0800. The van der Waals surface area contributed by atoms with E-state index in [-0.39, 0.29) is 6.61 Å². The predicted octanol–water partition coefficient (Wildman–Crippen LogP) is 3.59. The Bertz CT molecular complexity index is 161. The molecule has 104 valence electrons. The normalized spacial score (nSPS) is 27.4. The minimum absolute atomic E-state index is 0.250. The van der Waals surface area contributed by atoms with Gasteiger partial charge in [0.25, 0.3) is 0 Å². The zero-order valence-corrected chi connectivity index (χ0v) is 12.3. The number of aliphatic hydroxyl groups excluding tert-OH is 1. The van der Waals surface area contributed by atoms with E-state index in [0.717, 1.165) is 17.9 Å². The minimum atomic E-state index is 0.250. The Labute approximate surface area is 108 Å². The molecular weight excluding hydrogens is 210 g/mol. The van der Waals surface area contributed by atoms with Crippen molar-refractivity contribution >= 4 is 0 Å². The first-order chi connectivity index (χ1) is 8.21. The predicted molar refractivity (Wildman–Crippen MR) is 76.3 cm³/mol. The molecule has 0 radical (unpaired) electrons. The van der Waals surface area contributed by atoms with Gasteiger partial charge in [0.2, 0.25) is 0 Å². The molecule has 0 bridgehead atoms. The van der Waals surface area contributed by atoms with Crippen LogP contribution in [0.2, 0.25) is 0 Å². The van der Waals surface area contributed by atoms with Crippen LogP contribution in [0.4, 0.5) is 0 Å². The lowest BCUT2D eigenvalue weighted by Gasteiger charge is -2.33. The summed E-state index contributed by atoms with van der Waals surface area (Å²) in [5.41, 5.74) is 0. The third kappa shape index (κ3) is 7.05. The maximum Gasteiger partial charge on any atom is 0.0402 e. The van der Waals surface area contributed by atoms with E-state index in [1.807, 2.05) is 0 Å². The van der Waals surface area contributed by atoms with Crippen molar-refractivity contribution in [1.82, 2.24) is 5.32 Å². The Morgan fingerprint density at radius 3 is 2.12 bits per heavy atom. The van der Waals surface area contributed by atoms with Crippen LogP contribution >= 0.6 is 0 Å². The number of hydrogen-bond donors (Lipinski definition) is 2. The van der Waals surface area contributed by atoms with E-state index < -0.39 is 0 Å². The first kappa shape index (κ1) is 16.9. The van der Waals surface area contributed by atoms with Gasteiger partial charge in [-0.2, -0.15) is 0 Å². The summed E-state index contributed by atoms with van der Waals surface area (Å²) in [6.45, 7) is 6.69. The van der Waals surface area contributed by atoms with E-state index in [0.29, 0.717) is 0 Å². The molecule has 0 saturated heterocycles. The third-order valence-electron chi connectivity index (χ3n) is 4.07. The molecule has 0 aromatic heterocycles. The van der Waals surface area contributed by atoms with E-state index in [1.165, 1.54) is 44.9 Å². The van der Waals surface area contributed by atoms with Crippen LogP contribution in [0.25, 0.3) is 0 Å². The van der Waals surface area contributed by atoms with Crippen LogP contribution in [0.5, 0.6) is 0 Å². The van der Waals surface area contributed by atoms with Gasteiger partial charge in [0.1, 0.15) is 0 Å². The summed E-state index contributed by atoms with van der Waals surface area (Å²) < 4.78 is 0. The summed E-state index contributed by atoms with van der Waals surface area (Å²) in [5.74, 6) is 1.82. The molecule has 3 atom stereocenters. The highest BCUT2D eigenvalue weighted by Gasteiger charge is 2.25. The maximum absolute atomic E-state index is 7.57. The van der Waals surface area contributed by atoms with Crippen LogP contribution < -0.4 is 5.32 Å². The van der Waals surface area contributed by atoms with Crippen molar-refractivity contribution in [3.8, 4) is 0 Å². The third-order valence-corrected chi connectivity index (χ3v) is 4.07. The smallest absolute Gasteiger partial charge is 0.0402 e. The van der Waals surface area contributed by atoms with Crippen molar-refractivity contribution < 1.29 is 5.11 Å². The zero-order chi connectivity index (χ0) is 13.1. The van der Waals surface area contributed by atoms with Gasteiger partial charge >= 0.3 is 0 Å². The quantitative estimate of drug-likeness (QED) is 0.794. The highest BCUT2D eigenvalue weighted by Crippen LogP contribution is 2.29. The molecular formula is C15H33NO. The van der Waals surface area contributed by atoms with Crippen molar-refractivity contribution in [3.63, 3.8) is 0 Å². The fraction of sp³-hybridized carbons (Fsp3) is 1.00. The molecule has 2 heteroatoms. The van der Waals surface area contributed by atoms with Crippen LogP contribution in [0.15, 0.2) is 0 Å². The lowest BCUT2D eigenvalue weighted by atomic mass is 9.78. The minimum Gasteiger partial charge on any atom is -0.397 e. The molecule has 0 aromatic carbocycles. The number of aliphatic hydroxyl groups is 1. The Balaban J connectivity index is 0.000000770. The second kappa shape index (κ2) is 11.0. The van der Waals surface area contributed by atoms with E-state index in [1.54, 1.807) is 6.92 Å². The van der Waals surface area contributed by atoms with Crippen LogP contribution in [0, 0.1) is 11.8 Å². The van der Waals surface area contributed by atoms with Crippen LogP contribution in [0.1, 0.15) is 65.7 Å². The molecule has 3 unspecified atom stereocenters. The average molecular weight is 243 g/mol. The van der Waals surface area contributed by atoms with Gasteiger partial charge in [-0.05, 0) is 38.6 Å².